The van der Waals surface area contributed by atoms with E-state index in [1.165, 1.54) is 30.3 Å². The highest BCUT2D eigenvalue weighted by molar-refractivity contribution is 5.99. The van der Waals surface area contributed by atoms with Crippen molar-refractivity contribution in [3.63, 3.8) is 0 Å². The zero-order valence-electron chi connectivity index (χ0n) is 13.5. The first-order valence-corrected chi connectivity index (χ1v) is 7.41. The predicted octanol–water partition coefficient (Wildman–Crippen LogP) is 3.88. The molecule has 0 aliphatic heterocycles. The van der Waals surface area contributed by atoms with Gasteiger partial charge in [0.05, 0.1) is 9.85 Å². The van der Waals surface area contributed by atoms with Crippen LogP contribution in [0.15, 0.2) is 48.3 Å². The Morgan fingerprint density at radius 2 is 1.65 bits per heavy atom. The second-order valence-corrected chi connectivity index (χ2v) is 5.30. The fourth-order valence-electron chi connectivity index (χ4n) is 2.43. The highest BCUT2D eigenvalue weighted by atomic mass is 19.1. The van der Waals surface area contributed by atoms with Gasteiger partial charge in [-0.1, -0.05) is 25.1 Å². The number of carbonyl (C=O) groups is 1. The van der Waals surface area contributed by atoms with Gasteiger partial charge in [-0.05, 0) is 23.1 Å². The molecule has 1 N–H and O–H groups in total. The molecule has 2 aromatic rings. The normalized spacial score (nSPS) is 11.6. The van der Waals surface area contributed by atoms with Crippen LogP contribution in [0.1, 0.15) is 23.6 Å². The number of aliphatic carboxylic acids is 1. The maximum atomic E-state index is 14.4. The zero-order valence-corrected chi connectivity index (χ0v) is 13.5. The maximum Gasteiger partial charge on any atom is 0.365 e. The first kappa shape index (κ1) is 18.7. The Bertz CT molecular complexity index is 939. The van der Waals surface area contributed by atoms with E-state index in [0.29, 0.717) is 12.0 Å². The minimum atomic E-state index is -1.88. The second-order valence-electron chi connectivity index (χ2n) is 5.30. The third kappa shape index (κ3) is 3.89. The molecule has 0 saturated heterocycles. The summed E-state index contributed by atoms with van der Waals surface area (Å²) in [4.78, 5) is 31.9. The molecule has 0 saturated carbocycles. The monoisotopic (exact) mass is 360 g/mol. The van der Waals surface area contributed by atoms with Crippen molar-refractivity contribution in [1.82, 2.24) is 0 Å². The van der Waals surface area contributed by atoms with E-state index in [2.05, 4.69) is 0 Å². The molecular weight excluding hydrogens is 347 g/mol. The van der Waals surface area contributed by atoms with Gasteiger partial charge in [0.15, 0.2) is 0 Å². The van der Waals surface area contributed by atoms with Crippen LogP contribution in [0.3, 0.4) is 0 Å². The highest BCUT2D eigenvalue weighted by Crippen LogP contribution is 2.33. The summed E-state index contributed by atoms with van der Waals surface area (Å²) in [5, 5.41) is 31.1. The van der Waals surface area contributed by atoms with E-state index in [9.17, 15) is 29.4 Å². The number of benzene rings is 2. The summed E-state index contributed by atoms with van der Waals surface area (Å²) in [5.41, 5.74) is -0.771. The molecule has 9 heteroatoms. The van der Waals surface area contributed by atoms with Crippen LogP contribution in [0.25, 0.3) is 5.57 Å². The molecule has 0 spiro atoms. The van der Waals surface area contributed by atoms with E-state index >= 15 is 0 Å². The van der Waals surface area contributed by atoms with E-state index in [1.807, 2.05) is 0 Å². The number of aryl methyl sites for hydroxylation is 1. The Kier molecular flexibility index (Phi) is 5.41. The van der Waals surface area contributed by atoms with Gasteiger partial charge in [-0.25, -0.2) is 4.79 Å². The third-order valence-electron chi connectivity index (χ3n) is 3.64. The molecule has 0 aliphatic carbocycles. The lowest BCUT2D eigenvalue weighted by Gasteiger charge is -2.11. The van der Waals surface area contributed by atoms with Gasteiger partial charge in [-0.2, -0.15) is 4.39 Å². The van der Waals surface area contributed by atoms with Crippen LogP contribution in [-0.4, -0.2) is 20.9 Å². The predicted molar refractivity (Wildman–Crippen MR) is 90.3 cm³/mol. The molecule has 0 atom stereocenters. The molecule has 134 valence electrons. The van der Waals surface area contributed by atoms with Crippen LogP contribution in [0.2, 0.25) is 0 Å². The van der Waals surface area contributed by atoms with Gasteiger partial charge in [-0.3, -0.25) is 20.2 Å². The number of halogens is 1. The van der Waals surface area contributed by atoms with Gasteiger partial charge in [0, 0.05) is 29.8 Å². The summed E-state index contributed by atoms with van der Waals surface area (Å²) < 4.78 is 14.4. The number of nitro benzene ring substituents is 2. The molecule has 2 aromatic carbocycles. The molecule has 0 amide bonds. The van der Waals surface area contributed by atoms with Crippen LogP contribution in [0, 0.1) is 20.2 Å². The van der Waals surface area contributed by atoms with Crippen molar-refractivity contribution >= 4 is 22.9 Å². The van der Waals surface area contributed by atoms with E-state index in [-0.39, 0.29) is 22.5 Å². The summed E-state index contributed by atoms with van der Waals surface area (Å²) in [7, 11) is 0. The fourth-order valence-corrected chi connectivity index (χ4v) is 2.43. The quantitative estimate of drug-likeness (QED) is 0.473. The van der Waals surface area contributed by atoms with Crippen LogP contribution in [0.4, 0.5) is 15.8 Å². The maximum absolute atomic E-state index is 14.4. The molecular formula is C17H13FN2O6. The van der Waals surface area contributed by atoms with E-state index in [0.717, 1.165) is 12.1 Å². The SMILES string of the molecule is CCc1cc(C(=C(F)C(=O)O)c2cccc([N+](=O)[O-])c2)cc([N+](=O)[O-])c1. The van der Waals surface area contributed by atoms with Crippen LogP contribution < -0.4 is 0 Å². The number of hydrogen-bond donors (Lipinski definition) is 1. The third-order valence-corrected chi connectivity index (χ3v) is 3.64. The number of carboxylic acids is 1. The molecule has 0 radical (unpaired) electrons. The smallest absolute Gasteiger partial charge is 0.365 e. The van der Waals surface area contributed by atoms with Crippen molar-refractivity contribution in [3.8, 4) is 0 Å². The summed E-state index contributed by atoms with van der Waals surface area (Å²) in [6.07, 6.45) is 0.394. The molecule has 0 unspecified atom stereocenters. The van der Waals surface area contributed by atoms with Crippen molar-refractivity contribution in [2.45, 2.75) is 13.3 Å². The highest BCUT2D eigenvalue weighted by Gasteiger charge is 2.22. The minimum absolute atomic E-state index is 0.0450. The topological polar surface area (TPSA) is 124 Å². The van der Waals surface area contributed by atoms with Gasteiger partial charge < -0.3 is 5.11 Å². The Morgan fingerprint density at radius 3 is 2.19 bits per heavy atom. The van der Waals surface area contributed by atoms with Gasteiger partial charge in [0.2, 0.25) is 5.83 Å². The number of non-ortho nitro benzene ring substituents is 2. The van der Waals surface area contributed by atoms with Crippen LogP contribution in [-0.2, 0) is 11.2 Å². The van der Waals surface area contributed by atoms with Crippen LogP contribution in [0.5, 0.6) is 0 Å². The minimum Gasteiger partial charge on any atom is -0.476 e. The molecule has 26 heavy (non-hydrogen) atoms. The van der Waals surface area contributed by atoms with Crippen molar-refractivity contribution in [2.75, 3.05) is 0 Å². The first-order chi connectivity index (χ1) is 12.2. The lowest BCUT2D eigenvalue weighted by atomic mass is 9.94. The van der Waals surface area contributed by atoms with Crippen molar-refractivity contribution < 1.29 is 24.1 Å². The summed E-state index contributed by atoms with van der Waals surface area (Å²) in [5.74, 6) is -3.44. The number of nitro groups is 2. The molecule has 0 fully saturated rings. The number of hydrogen-bond acceptors (Lipinski definition) is 5. The van der Waals surface area contributed by atoms with Gasteiger partial charge in [0.25, 0.3) is 11.4 Å². The summed E-state index contributed by atoms with van der Waals surface area (Å²) in [6.45, 7) is 1.73. The molecule has 2 rings (SSSR count). The number of carboxylic acid groups (broad SMARTS) is 1. The molecule has 0 heterocycles. The van der Waals surface area contributed by atoms with E-state index in [1.54, 1.807) is 6.92 Å². The average Bonchev–Trinajstić information content (AvgIpc) is 2.61. The first-order valence-electron chi connectivity index (χ1n) is 7.41. The van der Waals surface area contributed by atoms with Gasteiger partial charge in [-0.15, -0.1) is 0 Å². The van der Waals surface area contributed by atoms with Gasteiger partial charge >= 0.3 is 5.97 Å². The summed E-state index contributed by atoms with van der Waals surface area (Å²) >= 11 is 0. The van der Waals surface area contributed by atoms with Crippen molar-refractivity contribution in [1.29, 1.82) is 0 Å². The van der Waals surface area contributed by atoms with Crippen molar-refractivity contribution in [2.24, 2.45) is 0 Å². The van der Waals surface area contributed by atoms with Crippen LogP contribution >= 0.6 is 0 Å². The number of nitrogens with zero attached hydrogens (tertiary/aromatic N) is 2. The van der Waals surface area contributed by atoms with Gasteiger partial charge in [0.1, 0.15) is 0 Å². The summed E-state index contributed by atoms with van der Waals surface area (Å²) in [6, 6.07) is 8.52. The fraction of sp³-hybridized carbons (Fsp3) is 0.118. The van der Waals surface area contributed by atoms with Crippen molar-refractivity contribution in [3.05, 3.63) is 85.2 Å². The standard InChI is InChI=1S/C17H13FN2O6/c1-2-10-6-12(9-14(7-10)20(25)26)15(16(18)17(21)22)11-4-3-5-13(8-11)19(23)24/h3-9H,2H2,1H3,(H,21,22). The lowest BCUT2D eigenvalue weighted by Crippen LogP contribution is -2.03. The Balaban J connectivity index is 2.80. The molecule has 0 aromatic heterocycles. The Labute approximate surface area is 146 Å². The average molecular weight is 360 g/mol. The lowest BCUT2D eigenvalue weighted by molar-refractivity contribution is -0.385. The Morgan fingerprint density at radius 1 is 1.04 bits per heavy atom. The van der Waals surface area contributed by atoms with E-state index in [4.69, 9.17) is 5.11 Å². The largest absolute Gasteiger partial charge is 0.476 e. The Hall–Kier alpha value is -3.62. The molecule has 0 aliphatic rings. The molecule has 8 nitrogen and oxygen atoms in total. The number of rotatable bonds is 6. The zero-order chi connectivity index (χ0) is 19.4. The van der Waals surface area contributed by atoms with E-state index < -0.39 is 27.2 Å². The molecule has 0 bridgehead atoms. The second kappa shape index (κ2) is 7.51.